The molecule has 4 rings (SSSR count). The van der Waals surface area contributed by atoms with E-state index in [9.17, 15) is 9.59 Å². The third kappa shape index (κ3) is 4.89. The van der Waals surface area contributed by atoms with Gasteiger partial charge >= 0.3 is 6.03 Å². The van der Waals surface area contributed by atoms with Crippen LogP contribution in [0.4, 0.5) is 10.6 Å². The van der Waals surface area contributed by atoms with Crippen LogP contribution in [0.3, 0.4) is 0 Å². The van der Waals surface area contributed by atoms with Crippen molar-refractivity contribution in [3.8, 4) is 11.1 Å². The van der Waals surface area contributed by atoms with Gasteiger partial charge in [-0.2, -0.15) is 4.68 Å². The Morgan fingerprint density at radius 2 is 1.84 bits per heavy atom. The number of aryl methyl sites for hydroxylation is 1. The minimum absolute atomic E-state index is 0.0635. The summed E-state index contributed by atoms with van der Waals surface area (Å²) in [5, 5.41) is 6.77. The first-order chi connectivity index (χ1) is 15.4. The Hall–Kier alpha value is -3.45. The summed E-state index contributed by atoms with van der Waals surface area (Å²) in [6, 6.07) is 18.6. The lowest BCUT2D eigenvalue weighted by atomic mass is 9.99. The molecule has 32 heavy (non-hydrogen) atoms. The van der Waals surface area contributed by atoms with E-state index in [1.54, 1.807) is 12.3 Å². The fourth-order valence-electron chi connectivity index (χ4n) is 4.19. The molecule has 0 spiro atoms. The Kier molecular flexibility index (Phi) is 6.37. The summed E-state index contributed by atoms with van der Waals surface area (Å²) in [4.78, 5) is 28.3. The van der Waals surface area contributed by atoms with Crippen LogP contribution in [-0.4, -0.2) is 57.2 Å². The third-order valence-electron chi connectivity index (χ3n) is 5.89. The molecule has 1 aliphatic heterocycles. The van der Waals surface area contributed by atoms with Gasteiger partial charge in [-0.15, -0.1) is 5.10 Å². The molecule has 0 saturated carbocycles. The van der Waals surface area contributed by atoms with E-state index in [-0.39, 0.29) is 18.0 Å². The number of piperazine rings is 1. The number of amides is 2. The molecule has 7 nitrogen and oxygen atoms in total. The van der Waals surface area contributed by atoms with Gasteiger partial charge < -0.3 is 10.2 Å². The molecule has 1 fully saturated rings. The molecule has 7 heteroatoms. The standard InChI is InChI=1S/C25H29N5O2/c1-18-15-22(21-7-5-4-6-8-21)9-10-23(18)17-28-13-14-29(19(2)16-28)25(32)30-12-11-24(27-30)26-20(3)31/h4-12,15,19H,13-14,16-17H2,1-3H3,(H,26,27,31). The zero-order valence-electron chi connectivity index (χ0n) is 18.8. The van der Waals surface area contributed by atoms with Gasteiger partial charge in [-0.25, -0.2) is 4.79 Å². The van der Waals surface area contributed by atoms with Gasteiger partial charge in [0.25, 0.3) is 0 Å². The van der Waals surface area contributed by atoms with Crippen LogP contribution in [-0.2, 0) is 11.3 Å². The Balaban J connectivity index is 1.38. The van der Waals surface area contributed by atoms with Crippen molar-refractivity contribution >= 4 is 17.8 Å². The highest BCUT2D eigenvalue weighted by atomic mass is 16.2. The van der Waals surface area contributed by atoms with E-state index in [1.165, 1.54) is 33.9 Å². The minimum Gasteiger partial charge on any atom is -0.318 e. The van der Waals surface area contributed by atoms with E-state index in [4.69, 9.17) is 0 Å². The molecule has 0 radical (unpaired) electrons. The quantitative estimate of drug-likeness (QED) is 0.678. The van der Waals surface area contributed by atoms with Gasteiger partial charge in [-0.3, -0.25) is 9.69 Å². The van der Waals surface area contributed by atoms with Crippen LogP contribution in [0, 0.1) is 6.92 Å². The van der Waals surface area contributed by atoms with Crippen molar-refractivity contribution in [1.29, 1.82) is 0 Å². The van der Waals surface area contributed by atoms with Gasteiger partial charge in [0.15, 0.2) is 5.82 Å². The molecule has 2 heterocycles. The Bertz CT molecular complexity index is 1110. The molecule has 166 valence electrons. The molecule has 1 aromatic heterocycles. The maximum atomic E-state index is 12.9. The highest BCUT2D eigenvalue weighted by Gasteiger charge is 2.29. The molecule has 2 amide bonds. The number of anilines is 1. The summed E-state index contributed by atoms with van der Waals surface area (Å²) < 4.78 is 1.30. The van der Waals surface area contributed by atoms with Crippen LogP contribution < -0.4 is 5.32 Å². The van der Waals surface area contributed by atoms with Crippen LogP contribution in [0.25, 0.3) is 11.1 Å². The summed E-state index contributed by atoms with van der Waals surface area (Å²) in [6.45, 7) is 8.74. The van der Waals surface area contributed by atoms with Crippen molar-refractivity contribution in [3.63, 3.8) is 0 Å². The smallest absolute Gasteiger partial charge is 0.318 e. The van der Waals surface area contributed by atoms with Gasteiger partial charge in [-0.05, 0) is 36.1 Å². The average Bonchev–Trinajstić information content (AvgIpc) is 3.23. The van der Waals surface area contributed by atoms with E-state index in [1.807, 2.05) is 11.0 Å². The van der Waals surface area contributed by atoms with E-state index in [2.05, 4.69) is 71.6 Å². The number of carbonyl (C=O) groups excluding carboxylic acids is 2. The largest absolute Gasteiger partial charge is 0.345 e. The summed E-state index contributed by atoms with van der Waals surface area (Å²) in [5.74, 6) is 0.170. The summed E-state index contributed by atoms with van der Waals surface area (Å²) >= 11 is 0. The molecule has 0 aliphatic carbocycles. The molecular weight excluding hydrogens is 402 g/mol. The highest BCUT2D eigenvalue weighted by Crippen LogP contribution is 2.24. The van der Waals surface area contributed by atoms with Gasteiger partial charge in [0.1, 0.15) is 0 Å². The molecule has 1 unspecified atom stereocenters. The van der Waals surface area contributed by atoms with Crippen LogP contribution in [0.5, 0.6) is 0 Å². The summed E-state index contributed by atoms with van der Waals surface area (Å²) in [5.41, 5.74) is 5.04. The van der Waals surface area contributed by atoms with Gasteiger partial charge in [0.05, 0.1) is 0 Å². The monoisotopic (exact) mass is 431 g/mol. The second-order valence-corrected chi connectivity index (χ2v) is 8.39. The Morgan fingerprint density at radius 1 is 1.06 bits per heavy atom. The van der Waals surface area contributed by atoms with E-state index >= 15 is 0 Å². The highest BCUT2D eigenvalue weighted by molar-refractivity contribution is 5.88. The minimum atomic E-state index is -0.211. The lowest BCUT2D eigenvalue weighted by Gasteiger charge is -2.39. The number of carbonyl (C=O) groups is 2. The SMILES string of the molecule is CC(=O)Nc1ccn(C(=O)N2CCN(Cc3ccc(-c4ccccc4)cc3C)CC2C)n1. The maximum Gasteiger partial charge on any atom is 0.345 e. The normalized spacial score (nSPS) is 16.7. The third-order valence-corrected chi connectivity index (χ3v) is 5.89. The van der Waals surface area contributed by atoms with Crippen LogP contribution >= 0.6 is 0 Å². The molecule has 1 N–H and O–H groups in total. The predicted molar refractivity (Wildman–Crippen MR) is 125 cm³/mol. The maximum absolute atomic E-state index is 12.9. The number of aromatic nitrogens is 2. The van der Waals surface area contributed by atoms with E-state index < -0.39 is 0 Å². The molecule has 0 bridgehead atoms. The van der Waals surface area contributed by atoms with Gasteiger partial charge in [0.2, 0.25) is 5.91 Å². The number of hydrogen-bond acceptors (Lipinski definition) is 4. The number of hydrogen-bond donors (Lipinski definition) is 1. The first-order valence-corrected chi connectivity index (χ1v) is 10.9. The Labute approximate surface area is 188 Å². The fraction of sp³-hybridized carbons (Fsp3) is 0.320. The van der Waals surface area contributed by atoms with E-state index in [0.717, 1.165) is 19.6 Å². The van der Waals surface area contributed by atoms with Crippen LogP contribution in [0.15, 0.2) is 60.8 Å². The van der Waals surface area contributed by atoms with Gasteiger partial charge in [-0.1, -0.05) is 48.5 Å². The second-order valence-electron chi connectivity index (χ2n) is 8.39. The lowest BCUT2D eigenvalue weighted by Crippen LogP contribution is -2.54. The first kappa shape index (κ1) is 21.8. The van der Waals surface area contributed by atoms with Crippen molar-refractivity contribution in [2.75, 3.05) is 25.0 Å². The molecule has 2 aromatic carbocycles. The zero-order valence-corrected chi connectivity index (χ0v) is 18.8. The molecule has 3 aromatic rings. The lowest BCUT2D eigenvalue weighted by molar-refractivity contribution is -0.114. The second kappa shape index (κ2) is 9.36. The summed E-state index contributed by atoms with van der Waals surface area (Å²) in [7, 11) is 0. The van der Waals surface area contributed by atoms with Crippen molar-refractivity contribution in [1.82, 2.24) is 19.6 Å². The topological polar surface area (TPSA) is 70.5 Å². The van der Waals surface area contributed by atoms with Crippen LogP contribution in [0.1, 0.15) is 25.0 Å². The molecular formula is C25H29N5O2. The molecule has 1 atom stereocenters. The van der Waals surface area contributed by atoms with E-state index in [0.29, 0.717) is 12.4 Å². The number of nitrogens with one attached hydrogen (secondary N) is 1. The average molecular weight is 432 g/mol. The molecule has 1 aliphatic rings. The number of rotatable bonds is 4. The fourth-order valence-corrected chi connectivity index (χ4v) is 4.19. The predicted octanol–water partition coefficient (Wildman–Crippen LogP) is 3.99. The first-order valence-electron chi connectivity index (χ1n) is 10.9. The van der Waals surface area contributed by atoms with Crippen molar-refractivity contribution in [3.05, 3.63) is 71.9 Å². The number of nitrogens with zero attached hydrogens (tertiary/aromatic N) is 4. The Morgan fingerprint density at radius 3 is 2.53 bits per heavy atom. The summed E-state index contributed by atoms with van der Waals surface area (Å²) in [6.07, 6.45) is 1.59. The zero-order chi connectivity index (χ0) is 22.7. The van der Waals surface area contributed by atoms with Crippen molar-refractivity contribution in [2.24, 2.45) is 0 Å². The van der Waals surface area contributed by atoms with Gasteiger partial charge in [0, 0.05) is 51.4 Å². The molecule has 1 saturated heterocycles. The van der Waals surface area contributed by atoms with Crippen molar-refractivity contribution < 1.29 is 9.59 Å². The number of benzene rings is 2. The van der Waals surface area contributed by atoms with Crippen LogP contribution in [0.2, 0.25) is 0 Å². The van der Waals surface area contributed by atoms with Crippen molar-refractivity contribution in [2.45, 2.75) is 33.4 Å².